The number of ether oxygens (including phenoxy) is 1. The maximum Gasteiger partial charge on any atom is 0.328 e. The first kappa shape index (κ1) is 17.0. The molecule has 1 fully saturated rings. The Kier molecular flexibility index (Phi) is 5.57. The van der Waals surface area contributed by atoms with E-state index in [1.807, 2.05) is 0 Å². The minimum Gasteiger partial charge on any atom is -0.464 e. The fourth-order valence-corrected chi connectivity index (χ4v) is 2.96. The van der Waals surface area contributed by atoms with Crippen LogP contribution < -0.4 is 11.1 Å². The minimum atomic E-state index is -0.607. The van der Waals surface area contributed by atoms with E-state index in [9.17, 15) is 9.59 Å². The Bertz CT molecular complexity index is 368. The molecule has 5 nitrogen and oxygen atoms in total. The van der Waals surface area contributed by atoms with Gasteiger partial charge in [-0.15, -0.1) is 0 Å². The standard InChI is InChI=1S/C15H28N2O3/c1-6-20-14(19)10(3)17-13(18)11-7-8-12(16)9(2)15(11,4)5/h9-12H,6-8,16H2,1-5H3,(H,17,18). The van der Waals surface area contributed by atoms with Crippen molar-refractivity contribution in [3.05, 3.63) is 0 Å². The third kappa shape index (κ3) is 3.51. The molecule has 0 aliphatic heterocycles. The quantitative estimate of drug-likeness (QED) is 0.766. The molecule has 0 aromatic carbocycles. The van der Waals surface area contributed by atoms with Crippen LogP contribution in [0.15, 0.2) is 0 Å². The predicted molar refractivity (Wildman–Crippen MR) is 77.9 cm³/mol. The molecule has 1 saturated carbocycles. The average molecular weight is 284 g/mol. The zero-order valence-electron chi connectivity index (χ0n) is 13.2. The number of rotatable bonds is 4. The van der Waals surface area contributed by atoms with Crippen molar-refractivity contribution in [2.24, 2.45) is 23.0 Å². The molecule has 116 valence electrons. The van der Waals surface area contributed by atoms with Crippen molar-refractivity contribution in [2.75, 3.05) is 6.61 Å². The lowest BCUT2D eigenvalue weighted by Crippen LogP contribution is -2.53. The van der Waals surface area contributed by atoms with Crippen LogP contribution in [0.3, 0.4) is 0 Å². The highest BCUT2D eigenvalue weighted by Crippen LogP contribution is 2.44. The topological polar surface area (TPSA) is 81.4 Å². The van der Waals surface area contributed by atoms with Gasteiger partial charge in [0.15, 0.2) is 0 Å². The molecule has 0 aromatic rings. The number of hydrogen-bond acceptors (Lipinski definition) is 4. The smallest absolute Gasteiger partial charge is 0.328 e. The first-order chi connectivity index (χ1) is 9.21. The lowest BCUT2D eigenvalue weighted by Gasteiger charge is -2.46. The molecule has 0 radical (unpaired) electrons. The molecule has 0 heterocycles. The van der Waals surface area contributed by atoms with Gasteiger partial charge in [-0.25, -0.2) is 4.79 Å². The van der Waals surface area contributed by atoms with Gasteiger partial charge in [0.1, 0.15) is 6.04 Å². The van der Waals surface area contributed by atoms with Crippen LogP contribution >= 0.6 is 0 Å². The second-order valence-corrected chi connectivity index (χ2v) is 6.39. The normalized spacial score (nSPS) is 30.4. The van der Waals surface area contributed by atoms with Crippen LogP contribution in [-0.2, 0) is 14.3 Å². The third-order valence-corrected chi connectivity index (χ3v) is 4.82. The number of amides is 1. The van der Waals surface area contributed by atoms with E-state index in [0.29, 0.717) is 6.61 Å². The molecule has 3 N–H and O–H groups in total. The number of nitrogens with two attached hydrogens (primary N) is 1. The van der Waals surface area contributed by atoms with E-state index in [0.717, 1.165) is 12.8 Å². The monoisotopic (exact) mass is 284 g/mol. The molecule has 0 aromatic heterocycles. The Morgan fingerprint density at radius 1 is 1.40 bits per heavy atom. The number of esters is 1. The number of carbonyl (C=O) groups excluding carboxylic acids is 2. The van der Waals surface area contributed by atoms with Gasteiger partial charge in [0.05, 0.1) is 6.61 Å². The summed E-state index contributed by atoms with van der Waals surface area (Å²) in [6.07, 6.45) is 1.61. The summed E-state index contributed by atoms with van der Waals surface area (Å²) in [6, 6.07) is -0.472. The molecular weight excluding hydrogens is 256 g/mol. The Hall–Kier alpha value is -1.10. The van der Waals surface area contributed by atoms with Gasteiger partial charge >= 0.3 is 5.97 Å². The van der Waals surface area contributed by atoms with Crippen LogP contribution in [0.1, 0.15) is 47.5 Å². The number of hydrogen-bond donors (Lipinski definition) is 2. The average Bonchev–Trinajstić information content (AvgIpc) is 2.36. The Morgan fingerprint density at radius 2 is 2.00 bits per heavy atom. The SMILES string of the molecule is CCOC(=O)C(C)NC(=O)C1CCC(N)C(C)C1(C)C. The first-order valence-electron chi connectivity index (χ1n) is 7.44. The lowest BCUT2D eigenvalue weighted by atomic mass is 9.61. The maximum atomic E-state index is 12.4. The number of nitrogens with one attached hydrogen (secondary N) is 1. The molecule has 1 aliphatic rings. The summed E-state index contributed by atoms with van der Waals surface area (Å²) >= 11 is 0. The van der Waals surface area contributed by atoms with E-state index in [2.05, 4.69) is 26.1 Å². The zero-order valence-corrected chi connectivity index (χ0v) is 13.2. The van der Waals surface area contributed by atoms with Gasteiger partial charge in [-0.05, 0) is 38.0 Å². The van der Waals surface area contributed by atoms with Gasteiger partial charge in [0.2, 0.25) is 5.91 Å². The van der Waals surface area contributed by atoms with E-state index < -0.39 is 6.04 Å². The summed E-state index contributed by atoms with van der Waals surface area (Å²) in [4.78, 5) is 24.0. The highest BCUT2D eigenvalue weighted by molar-refractivity contribution is 5.86. The van der Waals surface area contributed by atoms with Gasteiger partial charge in [0, 0.05) is 12.0 Å². The third-order valence-electron chi connectivity index (χ3n) is 4.82. The van der Waals surface area contributed by atoms with Crippen LogP contribution in [0.5, 0.6) is 0 Å². The van der Waals surface area contributed by atoms with E-state index in [1.165, 1.54) is 0 Å². The lowest BCUT2D eigenvalue weighted by molar-refractivity contribution is -0.148. The Balaban J connectivity index is 2.70. The summed E-state index contributed by atoms with van der Waals surface area (Å²) in [6.45, 7) is 9.98. The van der Waals surface area contributed by atoms with Gasteiger partial charge in [-0.1, -0.05) is 20.8 Å². The highest BCUT2D eigenvalue weighted by Gasteiger charge is 2.45. The van der Waals surface area contributed by atoms with Gasteiger partial charge in [0.25, 0.3) is 0 Å². The second-order valence-electron chi connectivity index (χ2n) is 6.39. The summed E-state index contributed by atoms with van der Waals surface area (Å²) in [5.41, 5.74) is 5.93. The molecule has 1 aliphatic carbocycles. The van der Waals surface area contributed by atoms with E-state index in [-0.39, 0.29) is 35.2 Å². The first-order valence-corrected chi connectivity index (χ1v) is 7.44. The summed E-state index contributed by atoms with van der Waals surface area (Å²) in [5.74, 6) is -0.312. The Labute approximate surface area is 121 Å². The maximum absolute atomic E-state index is 12.4. The van der Waals surface area contributed by atoms with Crippen molar-refractivity contribution < 1.29 is 14.3 Å². The van der Waals surface area contributed by atoms with Crippen molar-refractivity contribution in [3.63, 3.8) is 0 Å². The molecule has 5 heteroatoms. The predicted octanol–water partition coefficient (Wildman–Crippen LogP) is 1.45. The van der Waals surface area contributed by atoms with Crippen molar-refractivity contribution in [1.29, 1.82) is 0 Å². The second kappa shape index (κ2) is 6.57. The van der Waals surface area contributed by atoms with Crippen molar-refractivity contribution in [2.45, 2.75) is 59.5 Å². The molecule has 20 heavy (non-hydrogen) atoms. The van der Waals surface area contributed by atoms with Crippen molar-refractivity contribution in [3.8, 4) is 0 Å². The van der Waals surface area contributed by atoms with Crippen molar-refractivity contribution >= 4 is 11.9 Å². The zero-order chi connectivity index (χ0) is 15.5. The van der Waals surface area contributed by atoms with Crippen LogP contribution in [0.25, 0.3) is 0 Å². The molecule has 0 spiro atoms. The van der Waals surface area contributed by atoms with Gasteiger partial charge < -0.3 is 15.8 Å². The van der Waals surface area contributed by atoms with Crippen molar-refractivity contribution in [1.82, 2.24) is 5.32 Å². The molecule has 0 bridgehead atoms. The van der Waals surface area contributed by atoms with Crippen LogP contribution in [0.4, 0.5) is 0 Å². The highest BCUT2D eigenvalue weighted by atomic mass is 16.5. The Morgan fingerprint density at radius 3 is 2.55 bits per heavy atom. The van der Waals surface area contributed by atoms with Crippen LogP contribution in [0.2, 0.25) is 0 Å². The van der Waals surface area contributed by atoms with Gasteiger partial charge in [-0.2, -0.15) is 0 Å². The van der Waals surface area contributed by atoms with E-state index >= 15 is 0 Å². The molecule has 4 atom stereocenters. The van der Waals surface area contributed by atoms with E-state index in [4.69, 9.17) is 10.5 Å². The molecular formula is C15H28N2O3. The van der Waals surface area contributed by atoms with Crippen LogP contribution in [-0.4, -0.2) is 30.6 Å². The summed E-state index contributed by atoms with van der Waals surface area (Å²) < 4.78 is 4.91. The van der Waals surface area contributed by atoms with E-state index in [1.54, 1.807) is 13.8 Å². The molecule has 4 unspecified atom stereocenters. The van der Waals surface area contributed by atoms with Gasteiger partial charge in [-0.3, -0.25) is 4.79 Å². The fraction of sp³-hybridized carbons (Fsp3) is 0.867. The minimum absolute atomic E-state index is 0.0747. The largest absolute Gasteiger partial charge is 0.464 e. The molecule has 1 amide bonds. The summed E-state index contributed by atoms with van der Waals surface area (Å²) in [5, 5.41) is 2.77. The molecule has 0 saturated heterocycles. The summed E-state index contributed by atoms with van der Waals surface area (Å²) in [7, 11) is 0. The van der Waals surface area contributed by atoms with Crippen LogP contribution in [0, 0.1) is 17.3 Å². The number of carbonyl (C=O) groups is 2. The molecule has 1 rings (SSSR count). The fourth-order valence-electron chi connectivity index (χ4n) is 2.96.